The Morgan fingerprint density at radius 1 is 1.00 bits per heavy atom. The highest BCUT2D eigenvalue weighted by Crippen LogP contribution is 2.62. The van der Waals surface area contributed by atoms with Gasteiger partial charge in [0.1, 0.15) is 12.1 Å². The van der Waals surface area contributed by atoms with E-state index in [0.29, 0.717) is 37.4 Å². The normalized spacial score (nSPS) is 29.1. The van der Waals surface area contributed by atoms with Gasteiger partial charge in [-0.15, -0.1) is 11.3 Å². The molecular weight excluding hydrogens is 683 g/mol. The highest BCUT2D eigenvalue weighted by molar-refractivity contribution is 7.52. The first-order chi connectivity index (χ1) is 22.6. The van der Waals surface area contributed by atoms with Crippen molar-refractivity contribution in [2.75, 3.05) is 39.4 Å². The summed E-state index contributed by atoms with van der Waals surface area (Å²) in [6.07, 6.45) is 0.277. The van der Waals surface area contributed by atoms with E-state index in [0.717, 1.165) is 23.5 Å². The zero-order valence-electron chi connectivity index (χ0n) is 25.4. The minimum absolute atomic E-state index is 0.0298. The van der Waals surface area contributed by atoms with Crippen molar-refractivity contribution in [3.63, 3.8) is 0 Å². The smallest absolute Gasteiger partial charge is 0.378 e. The van der Waals surface area contributed by atoms with E-state index in [-0.39, 0.29) is 60.3 Å². The summed E-state index contributed by atoms with van der Waals surface area (Å²) in [5, 5.41) is 2.65. The molecule has 4 aliphatic heterocycles. The predicted molar refractivity (Wildman–Crippen MR) is 161 cm³/mol. The molecule has 1 saturated carbocycles. The number of halogens is 4. The van der Waals surface area contributed by atoms with Crippen LogP contribution in [0.2, 0.25) is 0 Å². The summed E-state index contributed by atoms with van der Waals surface area (Å²) >= 11 is 0.872. The zero-order valence-corrected chi connectivity index (χ0v) is 27.1. The molecule has 3 N–H and O–H groups in total. The average molecular weight is 717 g/mol. The number of hydrogen-bond acceptors (Lipinski definition) is 7. The van der Waals surface area contributed by atoms with Crippen molar-refractivity contribution in [1.82, 2.24) is 20.0 Å². The van der Waals surface area contributed by atoms with Gasteiger partial charge in [-0.1, -0.05) is 6.07 Å². The Balaban J connectivity index is 1.08. The van der Waals surface area contributed by atoms with Crippen molar-refractivity contribution in [2.45, 2.75) is 55.4 Å². The van der Waals surface area contributed by atoms with Gasteiger partial charge in [0, 0.05) is 54.3 Å². The molecule has 1 aromatic carbocycles. The molecule has 5 fully saturated rings. The quantitative estimate of drug-likeness (QED) is 0.305. The Morgan fingerprint density at radius 2 is 1.69 bits per heavy atom. The van der Waals surface area contributed by atoms with Gasteiger partial charge >= 0.3 is 13.3 Å². The molecule has 18 heteroatoms. The van der Waals surface area contributed by atoms with Crippen LogP contribution in [0.4, 0.5) is 17.6 Å². The van der Waals surface area contributed by atoms with Crippen molar-refractivity contribution in [1.29, 1.82) is 0 Å². The second kappa shape index (κ2) is 11.8. The largest absolute Gasteiger partial charge is 0.399 e. The van der Waals surface area contributed by atoms with Gasteiger partial charge in [-0.05, 0) is 49.3 Å². The lowest BCUT2D eigenvalue weighted by Crippen LogP contribution is -2.62. The van der Waals surface area contributed by atoms with Crippen molar-refractivity contribution in [3.05, 3.63) is 34.7 Å². The molecule has 5 aliphatic rings. The summed E-state index contributed by atoms with van der Waals surface area (Å²) in [6, 6.07) is 1.17. The van der Waals surface area contributed by atoms with Crippen LogP contribution in [-0.4, -0.2) is 112 Å². The van der Waals surface area contributed by atoms with E-state index >= 15 is 0 Å². The van der Waals surface area contributed by atoms with E-state index in [1.54, 1.807) is 4.90 Å². The van der Waals surface area contributed by atoms with Gasteiger partial charge in [-0.2, -0.15) is 8.78 Å². The van der Waals surface area contributed by atoms with Gasteiger partial charge < -0.3 is 34.5 Å². The third-order valence-electron chi connectivity index (χ3n) is 10.3. The summed E-state index contributed by atoms with van der Waals surface area (Å²) in [7, 11) is -5.83. The molecule has 1 aromatic heterocycles. The number of nitrogens with one attached hydrogen (secondary N) is 1. The number of amides is 4. The fraction of sp³-hybridized carbons (Fsp3) is 0.600. The van der Waals surface area contributed by atoms with Crippen LogP contribution in [0.25, 0.3) is 10.1 Å². The molecule has 5 atom stereocenters. The summed E-state index contributed by atoms with van der Waals surface area (Å²) in [4.78, 5) is 76.6. The van der Waals surface area contributed by atoms with Crippen molar-refractivity contribution in [2.24, 2.45) is 17.8 Å². The number of likely N-dealkylation sites (tertiary alicyclic amines) is 1. The number of carbonyl (C=O) groups is 4. The molecule has 2 aromatic rings. The molecule has 260 valence electrons. The van der Waals surface area contributed by atoms with Crippen molar-refractivity contribution >= 4 is 52.6 Å². The van der Waals surface area contributed by atoms with E-state index in [9.17, 15) is 41.3 Å². The van der Waals surface area contributed by atoms with E-state index in [4.69, 9.17) is 14.5 Å². The number of morpholine rings is 1. The van der Waals surface area contributed by atoms with Crippen LogP contribution in [0.3, 0.4) is 0 Å². The average Bonchev–Trinajstić information content (AvgIpc) is 3.38. The number of nitrogens with zero attached hydrogens (tertiary/aromatic N) is 3. The maximum absolute atomic E-state index is 14.9. The molecule has 0 radical (unpaired) electrons. The van der Waals surface area contributed by atoms with E-state index in [1.165, 1.54) is 21.9 Å². The molecule has 1 unspecified atom stereocenters. The number of rotatable bonds is 6. The standard InChI is InChI=1S/C30H33F4N4O8PS/c31-29(32)19-11-18-2-3-22(28(42)37-13-16(14-37)26(40)36-5-7-46-8-6-36)38(18)27(41)21(12-20(19)29)35-25(39)24-10-15-9-17(1-4-23(15)48-24)30(33,34)47(43,44)45/h1,4,9-10,16,18-22H,2-3,5-8,11-14H2,(H,35,39)(H2,43,44,45)/t18-,19-,20+,21?,22+/m1/s1. The molecule has 12 nitrogen and oxygen atoms in total. The Bertz CT molecular complexity index is 1730. The SMILES string of the molecule is O=C(NC1C[C@H]2[C@@H](C[C@H]3CC[C@@H](C(=O)N4CC(C(=O)N5CCOCC5)C4)N3C1=O)C2(F)F)c1cc2cc(C(F)(F)P(=O)(O)O)ccc2s1. The molecule has 4 saturated heterocycles. The molecule has 1 aliphatic carbocycles. The lowest BCUT2D eigenvalue weighted by molar-refractivity contribution is -0.156. The van der Waals surface area contributed by atoms with Crippen LogP contribution in [-0.2, 0) is 29.3 Å². The summed E-state index contributed by atoms with van der Waals surface area (Å²) in [5.41, 5.74) is -5.40. The Morgan fingerprint density at radius 3 is 2.38 bits per heavy atom. The molecule has 48 heavy (non-hydrogen) atoms. The van der Waals surface area contributed by atoms with E-state index in [1.807, 2.05) is 0 Å². The van der Waals surface area contributed by atoms with Gasteiger partial charge in [0.15, 0.2) is 0 Å². The van der Waals surface area contributed by atoms with Crippen LogP contribution < -0.4 is 5.32 Å². The summed E-state index contributed by atoms with van der Waals surface area (Å²) in [5.74, 6) is -7.45. The topological polar surface area (TPSA) is 157 Å². The Kier molecular flexibility index (Phi) is 8.17. The number of thiophene rings is 1. The molecular formula is C30H33F4N4O8PS. The van der Waals surface area contributed by atoms with Crippen molar-refractivity contribution in [3.8, 4) is 0 Å². The maximum atomic E-state index is 14.9. The fourth-order valence-electron chi connectivity index (χ4n) is 7.55. The van der Waals surface area contributed by atoms with Gasteiger partial charge in [-0.25, -0.2) is 8.78 Å². The number of alkyl halides is 4. The minimum Gasteiger partial charge on any atom is -0.378 e. The first-order valence-electron chi connectivity index (χ1n) is 15.7. The number of benzene rings is 1. The number of ether oxygens (including phenoxy) is 1. The third-order valence-corrected chi connectivity index (χ3v) is 12.4. The second-order valence-electron chi connectivity index (χ2n) is 13.2. The second-order valence-corrected chi connectivity index (χ2v) is 15.9. The molecule has 4 amide bonds. The van der Waals surface area contributed by atoms with Crippen molar-refractivity contribution < 1.29 is 55.8 Å². The van der Waals surface area contributed by atoms with Gasteiger partial charge in [0.25, 0.3) is 11.8 Å². The van der Waals surface area contributed by atoms with E-state index in [2.05, 4.69) is 5.32 Å². The predicted octanol–water partition coefficient (Wildman–Crippen LogP) is 2.58. The summed E-state index contributed by atoms with van der Waals surface area (Å²) < 4.78 is 75.3. The highest BCUT2D eigenvalue weighted by atomic mass is 32.1. The van der Waals surface area contributed by atoms with Crippen LogP contribution in [0, 0.1) is 17.8 Å². The van der Waals surface area contributed by atoms with Crippen LogP contribution in [0.15, 0.2) is 24.3 Å². The molecule has 5 heterocycles. The van der Waals surface area contributed by atoms with Gasteiger partial charge in [0.2, 0.25) is 17.7 Å². The lowest BCUT2D eigenvalue weighted by Gasteiger charge is -2.44. The monoisotopic (exact) mass is 716 g/mol. The van der Waals surface area contributed by atoms with Crippen LogP contribution in [0.1, 0.15) is 40.9 Å². The number of fused-ring (bicyclic) bond motifs is 3. The molecule has 7 rings (SSSR count). The first kappa shape index (κ1) is 33.4. The Hall–Kier alpha value is -3.11. The highest BCUT2D eigenvalue weighted by Gasteiger charge is 2.70. The van der Waals surface area contributed by atoms with Gasteiger partial charge in [-0.3, -0.25) is 23.7 Å². The number of hydrogen-bond donors (Lipinski definition) is 3. The maximum Gasteiger partial charge on any atom is 0.399 e. The fourth-order valence-corrected chi connectivity index (χ4v) is 8.97. The van der Waals surface area contributed by atoms with Gasteiger partial charge in [0.05, 0.1) is 24.0 Å². The lowest BCUT2D eigenvalue weighted by atomic mass is 9.96. The molecule has 0 spiro atoms. The minimum atomic E-state index is -5.83. The third kappa shape index (κ3) is 5.60. The zero-order chi connectivity index (χ0) is 34.3. The van der Waals surface area contributed by atoms with Crippen LogP contribution in [0.5, 0.6) is 0 Å². The van der Waals surface area contributed by atoms with E-state index < -0.39 is 66.5 Å². The summed E-state index contributed by atoms with van der Waals surface area (Å²) in [6.45, 7) is 2.23. The number of carbonyl (C=O) groups excluding carboxylic acids is 4. The Labute approximate surface area is 275 Å². The van der Waals surface area contributed by atoms with Crippen LogP contribution >= 0.6 is 18.9 Å². The molecule has 0 bridgehead atoms. The first-order valence-corrected chi connectivity index (χ1v) is 18.1.